The second-order valence-corrected chi connectivity index (χ2v) is 6.42. The summed E-state index contributed by atoms with van der Waals surface area (Å²) in [6, 6.07) is 17.8. The molecule has 0 aromatic heterocycles. The normalized spacial score (nSPS) is 28.6. The SMILES string of the molecule is BrC12CCC(c3ccccc31)c1ccccc12. The number of hydrogen-bond acceptors (Lipinski definition) is 0. The summed E-state index contributed by atoms with van der Waals surface area (Å²) >= 11 is 4.03. The van der Waals surface area contributed by atoms with E-state index in [1.807, 2.05) is 0 Å². The molecular formula is C16H13Br. The highest BCUT2D eigenvalue weighted by Crippen LogP contribution is 2.58. The van der Waals surface area contributed by atoms with Crippen molar-refractivity contribution in [1.82, 2.24) is 0 Å². The van der Waals surface area contributed by atoms with Gasteiger partial charge in [-0.3, -0.25) is 0 Å². The summed E-state index contributed by atoms with van der Waals surface area (Å²) in [5, 5.41) is 0. The summed E-state index contributed by atoms with van der Waals surface area (Å²) in [6.07, 6.45) is 2.48. The molecule has 2 bridgehead atoms. The van der Waals surface area contributed by atoms with Gasteiger partial charge in [0, 0.05) is 5.92 Å². The van der Waals surface area contributed by atoms with E-state index in [1.165, 1.54) is 35.1 Å². The summed E-state index contributed by atoms with van der Waals surface area (Å²) in [6.45, 7) is 0. The molecule has 0 heterocycles. The van der Waals surface area contributed by atoms with E-state index in [0.717, 1.165) is 0 Å². The number of benzene rings is 2. The fourth-order valence-corrected chi connectivity index (χ4v) is 4.51. The van der Waals surface area contributed by atoms with Crippen LogP contribution in [-0.2, 0) is 4.32 Å². The molecule has 5 rings (SSSR count). The minimum Gasteiger partial charge on any atom is -0.0749 e. The van der Waals surface area contributed by atoms with Crippen LogP contribution in [-0.4, -0.2) is 0 Å². The smallest absolute Gasteiger partial charge is 0.0749 e. The van der Waals surface area contributed by atoms with Crippen LogP contribution >= 0.6 is 15.9 Å². The molecule has 2 aromatic carbocycles. The van der Waals surface area contributed by atoms with Gasteiger partial charge in [0.1, 0.15) is 0 Å². The first-order valence-electron chi connectivity index (χ1n) is 6.18. The van der Waals surface area contributed by atoms with Crippen molar-refractivity contribution >= 4 is 15.9 Å². The van der Waals surface area contributed by atoms with E-state index in [-0.39, 0.29) is 4.32 Å². The van der Waals surface area contributed by atoms with Crippen molar-refractivity contribution in [3.05, 3.63) is 70.8 Å². The molecular weight excluding hydrogens is 272 g/mol. The van der Waals surface area contributed by atoms with E-state index >= 15 is 0 Å². The quantitative estimate of drug-likeness (QED) is 0.622. The van der Waals surface area contributed by atoms with Crippen LogP contribution in [0.1, 0.15) is 41.0 Å². The average Bonchev–Trinajstić information content (AvgIpc) is 2.40. The van der Waals surface area contributed by atoms with Crippen LogP contribution in [0.25, 0.3) is 0 Å². The van der Waals surface area contributed by atoms with Crippen molar-refractivity contribution < 1.29 is 0 Å². The number of halogens is 1. The summed E-state index contributed by atoms with van der Waals surface area (Å²) < 4.78 is 0.0644. The zero-order chi connectivity index (χ0) is 11.5. The van der Waals surface area contributed by atoms with Gasteiger partial charge < -0.3 is 0 Å². The maximum absolute atomic E-state index is 4.03. The Kier molecular flexibility index (Phi) is 1.88. The van der Waals surface area contributed by atoms with Crippen LogP contribution in [0, 0.1) is 0 Å². The Morgan fingerprint density at radius 3 is 2.00 bits per heavy atom. The van der Waals surface area contributed by atoms with Crippen LogP contribution in [0.3, 0.4) is 0 Å². The lowest BCUT2D eigenvalue weighted by atomic mass is 9.64. The Morgan fingerprint density at radius 2 is 1.41 bits per heavy atom. The van der Waals surface area contributed by atoms with Gasteiger partial charge in [0.15, 0.2) is 0 Å². The van der Waals surface area contributed by atoms with Crippen LogP contribution in [0.4, 0.5) is 0 Å². The largest absolute Gasteiger partial charge is 0.0760 e. The van der Waals surface area contributed by atoms with Gasteiger partial charge in [-0.25, -0.2) is 0 Å². The Hall–Kier alpha value is -1.08. The number of alkyl halides is 1. The number of hydrogen-bond donors (Lipinski definition) is 0. The van der Waals surface area contributed by atoms with Crippen molar-refractivity contribution in [2.45, 2.75) is 23.1 Å². The Labute approximate surface area is 110 Å². The van der Waals surface area contributed by atoms with Crippen LogP contribution in [0.15, 0.2) is 48.5 Å². The molecule has 0 aliphatic heterocycles. The van der Waals surface area contributed by atoms with Gasteiger partial charge in [-0.2, -0.15) is 0 Å². The predicted octanol–water partition coefficient (Wildman–Crippen LogP) is 4.56. The highest BCUT2D eigenvalue weighted by Gasteiger charge is 2.46. The molecule has 0 saturated heterocycles. The molecule has 0 N–H and O–H groups in total. The maximum atomic E-state index is 4.03. The fraction of sp³-hybridized carbons (Fsp3) is 0.250. The van der Waals surface area contributed by atoms with E-state index in [2.05, 4.69) is 64.5 Å². The van der Waals surface area contributed by atoms with E-state index in [4.69, 9.17) is 0 Å². The van der Waals surface area contributed by atoms with E-state index in [9.17, 15) is 0 Å². The standard InChI is InChI=1S/C16H13Br/c17-16-10-9-11(12-5-1-3-7-14(12)16)13-6-2-4-8-15(13)16/h1-8,11H,9-10H2. The van der Waals surface area contributed by atoms with Gasteiger partial charge in [0.2, 0.25) is 0 Å². The van der Waals surface area contributed by atoms with Crippen LogP contribution in [0.2, 0.25) is 0 Å². The summed E-state index contributed by atoms with van der Waals surface area (Å²) in [4.78, 5) is 0. The second kappa shape index (κ2) is 3.23. The third-order valence-electron chi connectivity index (χ3n) is 4.30. The van der Waals surface area contributed by atoms with Gasteiger partial charge in [-0.1, -0.05) is 64.5 Å². The van der Waals surface area contributed by atoms with Crippen molar-refractivity contribution in [3.63, 3.8) is 0 Å². The first-order chi connectivity index (χ1) is 8.31. The number of rotatable bonds is 0. The molecule has 3 aliphatic carbocycles. The molecule has 3 aliphatic rings. The van der Waals surface area contributed by atoms with Crippen molar-refractivity contribution in [1.29, 1.82) is 0 Å². The lowest BCUT2D eigenvalue weighted by molar-refractivity contribution is 0.494. The molecule has 1 heteroatoms. The topological polar surface area (TPSA) is 0 Å². The Bertz CT molecular complexity index is 552. The first kappa shape index (κ1) is 9.90. The van der Waals surface area contributed by atoms with Gasteiger partial charge in [-0.15, -0.1) is 0 Å². The molecule has 2 aromatic rings. The lowest BCUT2D eigenvalue weighted by Gasteiger charge is -2.46. The Morgan fingerprint density at radius 1 is 0.882 bits per heavy atom. The van der Waals surface area contributed by atoms with Crippen molar-refractivity contribution in [2.75, 3.05) is 0 Å². The first-order valence-corrected chi connectivity index (χ1v) is 6.98. The minimum atomic E-state index is 0.0644. The van der Waals surface area contributed by atoms with E-state index in [1.54, 1.807) is 0 Å². The van der Waals surface area contributed by atoms with Crippen LogP contribution < -0.4 is 0 Å². The lowest BCUT2D eigenvalue weighted by Crippen LogP contribution is -2.35. The molecule has 0 spiro atoms. The molecule has 0 saturated carbocycles. The van der Waals surface area contributed by atoms with E-state index < -0.39 is 0 Å². The maximum Gasteiger partial charge on any atom is 0.0760 e. The molecule has 84 valence electrons. The summed E-state index contributed by atoms with van der Waals surface area (Å²) in [5.41, 5.74) is 6.01. The molecule has 0 atom stereocenters. The minimum absolute atomic E-state index is 0.0644. The molecule has 0 amide bonds. The average molecular weight is 285 g/mol. The van der Waals surface area contributed by atoms with Gasteiger partial charge in [0.25, 0.3) is 0 Å². The zero-order valence-corrected chi connectivity index (χ0v) is 11.1. The third kappa shape index (κ3) is 1.13. The molecule has 17 heavy (non-hydrogen) atoms. The van der Waals surface area contributed by atoms with Gasteiger partial charge in [-0.05, 0) is 35.1 Å². The van der Waals surface area contributed by atoms with Crippen molar-refractivity contribution in [2.24, 2.45) is 0 Å². The predicted molar refractivity (Wildman–Crippen MR) is 73.7 cm³/mol. The third-order valence-corrected chi connectivity index (χ3v) is 5.55. The summed E-state index contributed by atoms with van der Waals surface area (Å²) in [5.74, 6) is 0.613. The molecule has 0 nitrogen and oxygen atoms in total. The van der Waals surface area contributed by atoms with Gasteiger partial charge in [0.05, 0.1) is 4.32 Å². The molecule has 0 radical (unpaired) electrons. The fourth-order valence-electron chi connectivity index (χ4n) is 3.56. The van der Waals surface area contributed by atoms with Crippen LogP contribution in [0.5, 0.6) is 0 Å². The second-order valence-electron chi connectivity index (χ2n) is 5.07. The summed E-state index contributed by atoms with van der Waals surface area (Å²) in [7, 11) is 0. The van der Waals surface area contributed by atoms with E-state index in [0.29, 0.717) is 5.92 Å². The molecule has 0 fully saturated rings. The van der Waals surface area contributed by atoms with Gasteiger partial charge >= 0.3 is 0 Å². The zero-order valence-electron chi connectivity index (χ0n) is 9.49. The highest BCUT2D eigenvalue weighted by molar-refractivity contribution is 9.09. The monoisotopic (exact) mass is 284 g/mol. The highest BCUT2D eigenvalue weighted by atomic mass is 79.9. The number of fused-ring (bicyclic) bond motifs is 1. The van der Waals surface area contributed by atoms with Crippen molar-refractivity contribution in [3.8, 4) is 0 Å². The Balaban J connectivity index is 2.10. The molecule has 0 unspecified atom stereocenters.